The molecule has 2 aliphatic heterocycles. The molecule has 0 bridgehead atoms. The molecular formula is C19H27N3O4. The van der Waals surface area contributed by atoms with Crippen LogP contribution in [0, 0.1) is 0 Å². The van der Waals surface area contributed by atoms with E-state index in [0.29, 0.717) is 58.0 Å². The van der Waals surface area contributed by atoms with Crippen molar-refractivity contribution in [1.82, 2.24) is 14.7 Å². The van der Waals surface area contributed by atoms with Gasteiger partial charge in [-0.15, -0.1) is 0 Å². The zero-order valence-corrected chi connectivity index (χ0v) is 15.6. The van der Waals surface area contributed by atoms with Gasteiger partial charge in [0.15, 0.2) is 11.5 Å². The second-order valence-corrected chi connectivity index (χ2v) is 6.97. The molecule has 2 heterocycles. The molecule has 0 radical (unpaired) electrons. The smallest absolute Gasteiger partial charge is 0.227 e. The Morgan fingerprint density at radius 1 is 0.962 bits per heavy atom. The van der Waals surface area contributed by atoms with Gasteiger partial charge in [0.05, 0.1) is 6.42 Å². The minimum atomic E-state index is 0.0852. The minimum Gasteiger partial charge on any atom is -0.486 e. The fourth-order valence-corrected chi connectivity index (χ4v) is 3.17. The number of ether oxygens (including phenoxy) is 2. The summed E-state index contributed by atoms with van der Waals surface area (Å²) in [7, 11) is 3.92. The van der Waals surface area contributed by atoms with E-state index in [9.17, 15) is 9.59 Å². The van der Waals surface area contributed by atoms with Gasteiger partial charge in [-0.3, -0.25) is 9.59 Å². The van der Waals surface area contributed by atoms with Crippen LogP contribution < -0.4 is 9.47 Å². The van der Waals surface area contributed by atoms with Gasteiger partial charge in [0.1, 0.15) is 13.2 Å². The standard InChI is InChI=1S/C19H27N3O4/c1-20(2)6-5-18(23)21-7-9-22(10-8-21)19(24)14-15-3-4-16-17(13-15)26-12-11-25-16/h3-4,13H,5-12,14H2,1-2H3. The average molecular weight is 361 g/mol. The predicted molar refractivity (Wildman–Crippen MR) is 97.5 cm³/mol. The summed E-state index contributed by atoms with van der Waals surface area (Å²) in [5, 5.41) is 0. The van der Waals surface area contributed by atoms with Crippen LogP contribution in [-0.4, -0.2) is 86.5 Å². The molecular weight excluding hydrogens is 334 g/mol. The third-order valence-electron chi connectivity index (χ3n) is 4.72. The largest absolute Gasteiger partial charge is 0.486 e. The number of hydrogen-bond acceptors (Lipinski definition) is 5. The predicted octanol–water partition coefficient (Wildman–Crippen LogP) is 0.623. The molecule has 0 unspecified atom stereocenters. The average Bonchev–Trinajstić information content (AvgIpc) is 2.66. The molecule has 26 heavy (non-hydrogen) atoms. The van der Waals surface area contributed by atoms with E-state index in [1.807, 2.05) is 47.0 Å². The number of carbonyl (C=O) groups excluding carboxylic acids is 2. The maximum atomic E-state index is 12.6. The van der Waals surface area contributed by atoms with Crippen LogP contribution in [0.5, 0.6) is 11.5 Å². The number of piperazine rings is 1. The van der Waals surface area contributed by atoms with Crippen molar-refractivity contribution in [3.63, 3.8) is 0 Å². The minimum absolute atomic E-state index is 0.0852. The lowest BCUT2D eigenvalue weighted by Crippen LogP contribution is -2.51. The van der Waals surface area contributed by atoms with Crippen LogP contribution in [0.25, 0.3) is 0 Å². The highest BCUT2D eigenvalue weighted by Gasteiger charge is 2.24. The van der Waals surface area contributed by atoms with Crippen molar-refractivity contribution in [3.05, 3.63) is 23.8 Å². The third kappa shape index (κ3) is 4.66. The normalized spacial score (nSPS) is 16.7. The SMILES string of the molecule is CN(C)CCC(=O)N1CCN(C(=O)Cc2ccc3c(c2)OCCO3)CC1. The highest BCUT2D eigenvalue weighted by molar-refractivity contribution is 5.80. The van der Waals surface area contributed by atoms with Crippen molar-refractivity contribution in [2.24, 2.45) is 0 Å². The molecule has 1 aromatic rings. The summed E-state index contributed by atoms with van der Waals surface area (Å²) >= 11 is 0. The molecule has 2 aliphatic rings. The quantitative estimate of drug-likeness (QED) is 0.770. The van der Waals surface area contributed by atoms with Crippen molar-refractivity contribution < 1.29 is 19.1 Å². The summed E-state index contributed by atoms with van der Waals surface area (Å²) in [4.78, 5) is 30.5. The first-order chi connectivity index (χ1) is 12.5. The van der Waals surface area contributed by atoms with Crippen LogP contribution in [0.2, 0.25) is 0 Å². The maximum Gasteiger partial charge on any atom is 0.227 e. The van der Waals surface area contributed by atoms with E-state index in [-0.39, 0.29) is 11.8 Å². The lowest BCUT2D eigenvalue weighted by Gasteiger charge is -2.35. The van der Waals surface area contributed by atoms with Crippen LogP contribution in [-0.2, 0) is 16.0 Å². The van der Waals surface area contributed by atoms with Gasteiger partial charge in [-0.25, -0.2) is 0 Å². The van der Waals surface area contributed by atoms with Gasteiger partial charge < -0.3 is 24.2 Å². The lowest BCUT2D eigenvalue weighted by atomic mass is 10.1. The van der Waals surface area contributed by atoms with Gasteiger partial charge >= 0.3 is 0 Å². The van der Waals surface area contributed by atoms with E-state index in [2.05, 4.69) is 0 Å². The molecule has 1 fully saturated rings. The number of rotatable bonds is 5. The summed E-state index contributed by atoms with van der Waals surface area (Å²) in [6.45, 7) is 4.26. The van der Waals surface area contributed by atoms with E-state index in [4.69, 9.17) is 9.47 Å². The van der Waals surface area contributed by atoms with E-state index in [1.54, 1.807) is 0 Å². The molecule has 142 valence electrons. The first-order valence-corrected chi connectivity index (χ1v) is 9.12. The van der Waals surface area contributed by atoms with E-state index in [0.717, 1.165) is 17.9 Å². The van der Waals surface area contributed by atoms with Gasteiger partial charge in [0, 0.05) is 39.1 Å². The molecule has 7 heteroatoms. The van der Waals surface area contributed by atoms with Crippen molar-refractivity contribution in [3.8, 4) is 11.5 Å². The highest BCUT2D eigenvalue weighted by atomic mass is 16.6. The van der Waals surface area contributed by atoms with Crippen LogP contribution in [0.3, 0.4) is 0 Å². The summed E-state index contributed by atoms with van der Waals surface area (Å²) < 4.78 is 11.1. The fraction of sp³-hybridized carbons (Fsp3) is 0.579. The van der Waals surface area contributed by atoms with Crippen LogP contribution in [0.15, 0.2) is 18.2 Å². The Balaban J connectivity index is 1.48. The molecule has 1 aromatic carbocycles. The Hall–Kier alpha value is -2.28. The van der Waals surface area contributed by atoms with Crippen molar-refractivity contribution in [1.29, 1.82) is 0 Å². The number of fused-ring (bicyclic) bond motifs is 1. The number of carbonyl (C=O) groups is 2. The Bertz CT molecular complexity index is 654. The van der Waals surface area contributed by atoms with Gasteiger partial charge in [-0.2, -0.15) is 0 Å². The van der Waals surface area contributed by atoms with E-state index < -0.39 is 0 Å². The van der Waals surface area contributed by atoms with Gasteiger partial charge in [-0.1, -0.05) is 6.07 Å². The fourth-order valence-electron chi connectivity index (χ4n) is 3.17. The molecule has 0 aliphatic carbocycles. The topological polar surface area (TPSA) is 62.3 Å². The summed E-state index contributed by atoms with van der Waals surface area (Å²) in [6.07, 6.45) is 0.864. The van der Waals surface area contributed by atoms with E-state index in [1.165, 1.54) is 0 Å². The number of amides is 2. The molecule has 0 saturated carbocycles. The number of hydrogen-bond donors (Lipinski definition) is 0. The molecule has 0 aromatic heterocycles. The summed E-state index contributed by atoms with van der Waals surface area (Å²) in [5.74, 6) is 1.69. The van der Waals surface area contributed by atoms with Crippen LogP contribution in [0.4, 0.5) is 0 Å². The number of nitrogens with zero attached hydrogens (tertiary/aromatic N) is 3. The zero-order valence-electron chi connectivity index (χ0n) is 15.6. The molecule has 0 N–H and O–H groups in total. The summed E-state index contributed by atoms with van der Waals surface area (Å²) in [6, 6.07) is 5.65. The first kappa shape index (κ1) is 18.5. The Kier molecular flexibility index (Phi) is 5.98. The van der Waals surface area contributed by atoms with Gasteiger partial charge in [-0.05, 0) is 31.8 Å². The van der Waals surface area contributed by atoms with E-state index >= 15 is 0 Å². The Labute approximate surface area is 154 Å². The molecule has 7 nitrogen and oxygen atoms in total. The molecule has 1 saturated heterocycles. The molecule has 0 spiro atoms. The molecule has 0 atom stereocenters. The van der Waals surface area contributed by atoms with Crippen LogP contribution >= 0.6 is 0 Å². The van der Waals surface area contributed by atoms with Gasteiger partial charge in [0.2, 0.25) is 11.8 Å². The second-order valence-electron chi connectivity index (χ2n) is 6.97. The molecule has 2 amide bonds. The second kappa shape index (κ2) is 8.40. The zero-order chi connectivity index (χ0) is 18.5. The van der Waals surface area contributed by atoms with Crippen molar-refractivity contribution in [2.75, 3.05) is 60.0 Å². The summed E-state index contributed by atoms with van der Waals surface area (Å²) in [5.41, 5.74) is 0.920. The van der Waals surface area contributed by atoms with Crippen molar-refractivity contribution in [2.45, 2.75) is 12.8 Å². The lowest BCUT2D eigenvalue weighted by molar-refractivity contribution is -0.139. The molecule has 3 rings (SSSR count). The van der Waals surface area contributed by atoms with Gasteiger partial charge in [0.25, 0.3) is 0 Å². The first-order valence-electron chi connectivity index (χ1n) is 9.12. The Morgan fingerprint density at radius 3 is 2.23 bits per heavy atom. The monoisotopic (exact) mass is 361 g/mol. The number of benzene rings is 1. The highest BCUT2D eigenvalue weighted by Crippen LogP contribution is 2.31. The third-order valence-corrected chi connectivity index (χ3v) is 4.72. The van der Waals surface area contributed by atoms with Crippen LogP contribution in [0.1, 0.15) is 12.0 Å². The Morgan fingerprint density at radius 2 is 1.58 bits per heavy atom. The maximum absolute atomic E-state index is 12.6. The van der Waals surface area contributed by atoms with Crippen molar-refractivity contribution >= 4 is 11.8 Å².